The second kappa shape index (κ2) is 6.86. The van der Waals surface area contributed by atoms with Crippen LogP contribution in [0.5, 0.6) is 5.75 Å². The zero-order chi connectivity index (χ0) is 17.1. The van der Waals surface area contributed by atoms with Gasteiger partial charge in [0.25, 0.3) is 0 Å². The first-order valence-electron chi connectivity index (χ1n) is 7.80. The van der Waals surface area contributed by atoms with Gasteiger partial charge in [-0.3, -0.25) is 0 Å². The summed E-state index contributed by atoms with van der Waals surface area (Å²) >= 11 is 0. The predicted molar refractivity (Wildman–Crippen MR) is 92.3 cm³/mol. The van der Waals surface area contributed by atoms with Crippen molar-refractivity contribution in [2.75, 3.05) is 0 Å². The number of carboxylic acids is 1. The first kappa shape index (κ1) is 17.1. The maximum Gasteiger partial charge on any atom is 0.345 e. The molecular weight excluding hydrogens is 288 g/mol. The van der Waals surface area contributed by atoms with Gasteiger partial charge in [0.2, 0.25) is 0 Å². The highest BCUT2D eigenvalue weighted by molar-refractivity contribution is 5.73. The fourth-order valence-corrected chi connectivity index (χ4v) is 2.86. The summed E-state index contributed by atoms with van der Waals surface area (Å²) in [6, 6.07) is 10.1. The van der Waals surface area contributed by atoms with Gasteiger partial charge in [0.15, 0.2) is 6.10 Å². The Bertz CT molecular complexity index is 712. The summed E-state index contributed by atoms with van der Waals surface area (Å²) in [5.74, 6) is -0.290. The Balaban J connectivity index is 2.28. The minimum absolute atomic E-state index is 0.351. The van der Waals surface area contributed by atoms with E-state index in [1.807, 2.05) is 52.8 Å². The van der Waals surface area contributed by atoms with Crippen molar-refractivity contribution < 1.29 is 14.6 Å². The van der Waals surface area contributed by atoms with Crippen LogP contribution in [0.4, 0.5) is 0 Å². The third-order valence-corrected chi connectivity index (χ3v) is 4.01. The van der Waals surface area contributed by atoms with E-state index in [9.17, 15) is 9.90 Å². The summed E-state index contributed by atoms with van der Waals surface area (Å²) in [5, 5.41) is 9.54. The van der Waals surface area contributed by atoms with Gasteiger partial charge in [0.1, 0.15) is 5.75 Å². The van der Waals surface area contributed by atoms with Gasteiger partial charge in [0, 0.05) is 6.42 Å². The third kappa shape index (κ3) is 4.35. The maximum atomic E-state index is 11.6. The molecule has 122 valence electrons. The van der Waals surface area contributed by atoms with Crippen LogP contribution in [-0.4, -0.2) is 17.2 Å². The molecule has 23 heavy (non-hydrogen) atoms. The van der Waals surface area contributed by atoms with E-state index < -0.39 is 12.1 Å². The average molecular weight is 312 g/mol. The van der Waals surface area contributed by atoms with Crippen LogP contribution in [0.15, 0.2) is 30.3 Å². The van der Waals surface area contributed by atoms with Gasteiger partial charge < -0.3 is 9.84 Å². The number of carbonyl (C=O) groups is 1. The normalized spacial score (nSPS) is 12.0. The minimum atomic E-state index is -0.942. The largest absolute Gasteiger partial charge is 0.478 e. The SMILES string of the molecule is Cc1cc(C)cc(CC(Oc2cc(C)cc(C)c2C)C(=O)O)c1. The summed E-state index contributed by atoms with van der Waals surface area (Å²) < 4.78 is 5.85. The van der Waals surface area contributed by atoms with Crippen LogP contribution in [0, 0.1) is 34.6 Å². The van der Waals surface area contributed by atoms with E-state index in [1.54, 1.807) is 0 Å². The van der Waals surface area contributed by atoms with Gasteiger partial charge in [-0.1, -0.05) is 35.4 Å². The van der Waals surface area contributed by atoms with Crippen molar-refractivity contribution >= 4 is 5.97 Å². The van der Waals surface area contributed by atoms with Crippen LogP contribution in [0.1, 0.15) is 33.4 Å². The summed E-state index contributed by atoms with van der Waals surface area (Å²) in [7, 11) is 0. The lowest BCUT2D eigenvalue weighted by molar-refractivity contribution is -0.145. The molecule has 0 aromatic heterocycles. The molecule has 0 amide bonds. The summed E-state index contributed by atoms with van der Waals surface area (Å²) in [5.41, 5.74) is 6.41. The molecule has 2 aromatic carbocycles. The number of hydrogen-bond acceptors (Lipinski definition) is 2. The monoisotopic (exact) mass is 312 g/mol. The number of rotatable bonds is 5. The Kier molecular flexibility index (Phi) is 5.09. The van der Waals surface area contributed by atoms with Gasteiger partial charge in [-0.15, -0.1) is 0 Å². The molecule has 3 nitrogen and oxygen atoms in total. The Morgan fingerprint density at radius 3 is 2.09 bits per heavy atom. The van der Waals surface area contributed by atoms with Crippen molar-refractivity contribution in [2.24, 2.45) is 0 Å². The second-order valence-electron chi connectivity index (χ2n) is 6.35. The summed E-state index contributed by atoms with van der Waals surface area (Å²) in [4.78, 5) is 11.6. The second-order valence-corrected chi connectivity index (χ2v) is 6.35. The van der Waals surface area contributed by atoms with Crippen LogP contribution < -0.4 is 4.74 Å². The Labute approximate surface area is 137 Å². The molecule has 1 N–H and O–H groups in total. The van der Waals surface area contributed by atoms with Gasteiger partial charge in [-0.25, -0.2) is 4.79 Å². The molecule has 1 atom stereocenters. The van der Waals surface area contributed by atoms with Gasteiger partial charge in [0.05, 0.1) is 0 Å². The molecule has 0 aliphatic carbocycles. The van der Waals surface area contributed by atoms with Gasteiger partial charge in [-0.2, -0.15) is 0 Å². The van der Waals surface area contributed by atoms with Crippen molar-refractivity contribution in [1.29, 1.82) is 0 Å². The zero-order valence-corrected chi connectivity index (χ0v) is 14.4. The van der Waals surface area contributed by atoms with Crippen LogP contribution >= 0.6 is 0 Å². The molecule has 1 unspecified atom stereocenters. The molecule has 0 aliphatic rings. The fraction of sp³-hybridized carbons (Fsp3) is 0.350. The molecular formula is C20H24O3. The fourth-order valence-electron chi connectivity index (χ4n) is 2.86. The molecule has 0 radical (unpaired) electrons. The maximum absolute atomic E-state index is 11.6. The molecule has 0 saturated heterocycles. The molecule has 0 heterocycles. The van der Waals surface area contributed by atoms with E-state index >= 15 is 0 Å². The quantitative estimate of drug-likeness (QED) is 0.895. The minimum Gasteiger partial charge on any atom is -0.478 e. The van der Waals surface area contributed by atoms with Crippen molar-refractivity contribution in [1.82, 2.24) is 0 Å². The Morgan fingerprint density at radius 1 is 0.957 bits per heavy atom. The van der Waals surface area contributed by atoms with Gasteiger partial charge in [-0.05, 0) is 62.9 Å². The molecule has 0 fully saturated rings. The van der Waals surface area contributed by atoms with Crippen LogP contribution in [0.3, 0.4) is 0 Å². The summed E-state index contributed by atoms with van der Waals surface area (Å²) in [6.45, 7) is 9.98. The van der Waals surface area contributed by atoms with E-state index in [0.717, 1.165) is 33.4 Å². The van der Waals surface area contributed by atoms with Crippen molar-refractivity contribution in [3.63, 3.8) is 0 Å². The van der Waals surface area contributed by atoms with E-state index in [1.165, 1.54) is 0 Å². The molecule has 0 bridgehead atoms. The molecule has 0 saturated carbocycles. The van der Waals surface area contributed by atoms with E-state index in [2.05, 4.69) is 12.1 Å². The van der Waals surface area contributed by atoms with Crippen molar-refractivity contribution in [3.8, 4) is 5.75 Å². The van der Waals surface area contributed by atoms with Gasteiger partial charge >= 0.3 is 5.97 Å². The Hall–Kier alpha value is -2.29. The van der Waals surface area contributed by atoms with Crippen LogP contribution in [0.2, 0.25) is 0 Å². The lowest BCUT2D eigenvalue weighted by Crippen LogP contribution is -2.29. The number of aryl methyl sites for hydroxylation is 4. The van der Waals surface area contributed by atoms with E-state index in [0.29, 0.717) is 12.2 Å². The lowest BCUT2D eigenvalue weighted by Gasteiger charge is -2.19. The number of ether oxygens (including phenoxy) is 1. The highest BCUT2D eigenvalue weighted by Crippen LogP contribution is 2.25. The Morgan fingerprint density at radius 2 is 1.52 bits per heavy atom. The lowest BCUT2D eigenvalue weighted by atomic mass is 10.0. The topological polar surface area (TPSA) is 46.5 Å². The van der Waals surface area contributed by atoms with E-state index in [4.69, 9.17) is 4.74 Å². The standard InChI is InChI=1S/C20H24O3/c1-12-6-13(2)9-17(8-12)11-19(20(21)22)23-18-10-14(3)7-15(4)16(18)5/h6-10,19H,11H2,1-5H3,(H,21,22). The van der Waals surface area contributed by atoms with Crippen LogP contribution in [0.25, 0.3) is 0 Å². The zero-order valence-electron chi connectivity index (χ0n) is 14.4. The molecule has 2 aromatic rings. The first-order valence-corrected chi connectivity index (χ1v) is 7.80. The molecule has 2 rings (SSSR count). The van der Waals surface area contributed by atoms with Crippen LogP contribution in [-0.2, 0) is 11.2 Å². The number of aliphatic carboxylic acids is 1. The first-order chi connectivity index (χ1) is 10.8. The number of hydrogen-bond donors (Lipinski definition) is 1. The molecule has 0 aliphatic heterocycles. The van der Waals surface area contributed by atoms with Crippen molar-refractivity contribution in [2.45, 2.75) is 47.1 Å². The highest BCUT2D eigenvalue weighted by Gasteiger charge is 2.21. The highest BCUT2D eigenvalue weighted by atomic mass is 16.5. The molecule has 3 heteroatoms. The number of benzene rings is 2. The third-order valence-electron chi connectivity index (χ3n) is 4.01. The summed E-state index contributed by atoms with van der Waals surface area (Å²) in [6.07, 6.45) is -0.541. The van der Waals surface area contributed by atoms with Crippen molar-refractivity contribution in [3.05, 3.63) is 63.7 Å². The average Bonchev–Trinajstić information content (AvgIpc) is 2.42. The predicted octanol–water partition coefficient (Wildman–Crippen LogP) is 4.30. The smallest absolute Gasteiger partial charge is 0.345 e. The van der Waals surface area contributed by atoms with E-state index in [-0.39, 0.29) is 0 Å². The molecule has 0 spiro atoms. The number of carboxylic acid groups (broad SMARTS) is 1.